The van der Waals surface area contributed by atoms with Crippen molar-refractivity contribution >= 4 is 40.4 Å². The van der Waals surface area contributed by atoms with E-state index in [1.54, 1.807) is 24.1 Å². The number of nitrogens with zero attached hydrogens (tertiary/aromatic N) is 2. The molecule has 142 valence electrons. The zero-order valence-corrected chi connectivity index (χ0v) is 17.0. The van der Waals surface area contributed by atoms with Crippen LogP contribution in [-0.4, -0.2) is 28.8 Å². The standard InChI is InChI=1S/C18H20FN5S3/c19-16-6-3-7-17(23-16)27-24-18-22-15(12-25-18)14-5-2-1-4-13(14)8-11-26-21-10-9-20/h1-7,12,21H,8-11,20H2,(H,22,24). The van der Waals surface area contributed by atoms with Gasteiger partial charge in [0.1, 0.15) is 5.03 Å². The first-order chi connectivity index (χ1) is 13.3. The summed E-state index contributed by atoms with van der Waals surface area (Å²) in [7, 11) is 0. The van der Waals surface area contributed by atoms with Gasteiger partial charge >= 0.3 is 0 Å². The normalized spacial score (nSPS) is 10.9. The van der Waals surface area contributed by atoms with Gasteiger partial charge in [0.25, 0.3) is 0 Å². The van der Waals surface area contributed by atoms with Crippen LogP contribution in [0.5, 0.6) is 0 Å². The topological polar surface area (TPSA) is 75.9 Å². The molecule has 0 aliphatic rings. The molecule has 2 aromatic heterocycles. The van der Waals surface area contributed by atoms with Crippen molar-refractivity contribution in [3.8, 4) is 11.3 Å². The molecule has 0 saturated carbocycles. The van der Waals surface area contributed by atoms with Crippen LogP contribution in [0.3, 0.4) is 0 Å². The Hall–Kier alpha value is -1.65. The molecule has 9 heteroatoms. The number of nitrogens with one attached hydrogen (secondary N) is 2. The minimum absolute atomic E-state index is 0.491. The average molecular weight is 422 g/mol. The van der Waals surface area contributed by atoms with E-state index < -0.39 is 5.95 Å². The van der Waals surface area contributed by atoms with Crippen molar-refractivity contribution in [2.24, 2.45) is 5.73 Å². The van der Waals surface area contributed by atoms with Gasteiger partial charge in [-0.05, 0) is 24.1 Å². The Morgan fingerprint density at radius 2 is 2.00 bits per heavy atom. The minimum Gasteiger partial charge on any atom is -0.329 e. The van der Waals surface area contributed by atoms with Crippen LogP contribution in [0, 0.1) is 5.95 Å². The lowest BCUT2D eigenvalue weighted by Gasteiger charge is -2.08. The van der Waals surface area contributed by atoms with Crippen molar-refractivity contribution in [2.75, 3.05) is 23.6 Å². The lowest BCUT2D eigenvalue weighted by atomic mass is 10.0. The summed E-state index contributed by atoms with van der Waals surface area (Å²) in [5.74, 6) is 0.474. The van der Waals surface area contributed by atoms with Crippen molar-refractivity contribution in [1.29, 1.82) is 0 Å². The molecule has 0 fully saturated rings. The summed E-state index contributed by atoms with van der Waals surface area (Å²) in [6.07, 6.45) is 0.945. The van der Waals surface area contributed by atoms with Crippen molar-refractivity contribution in [1.82, 2.24) is 14.7 Å². The molecule has 2 heterocycles. The Balaban J connectivity index is 1.62. The Kier molecular flexibility index (Phi) is 7.91. The first-order valence-corrected chi connectivity index (χ1v) is 11.1. The minimum atomic E-state index is -0.491. The monoisotopic (exact) mass is 421 g/mol. The summed E-state index contributed by atoms with van der Waals surface area (Å²) in [6, 6.07) is 13.0. The second-order valence-corrected chi connectivity index (χ2v) is 8.15. The van der Waals surface area contributed by atoms with Gasteiger partial charge in [-0.25, -0.2) is 9.97 Å². The molecule has 1 aromatic carbocycles. The number of hydrogen-bond acceptors (Lipinski definition) is 8. The van der Waals surface area contributed by atoms with Crippen molar-refractivity contribution < 1.29 is 4.39 Å². The van der Waals surface area contributed by atoms with Crippen LogP contribution in [-0.2, 0) is 6.42 Å². The molecule has 0 amide bonds. The molecule has 0 atom stereocenters. The molecular formula is C18H20FN5S3. The SMILES string of the molecule is NCCNSCCc1ccccc1-c1csc(NSc2cccc(F)n2)n1. The van der Waals surface area contributed by atoms with E-state index in [0.717, 1.165) is 35.1 Å². The highest BCUT2D eigenvalue weighted by Crippen LogP contribution is 2.30. The number of nitrogens with two attached hydrogens (primary N) is 1. The first-order valence-electron chi connectivity index (χ1n) is 8.40. The van der Waals surface area contributed by atoms with E-state index >= 15 is 0 Å². The summed E-state index contributed by atoms with van der Waals surface area (Å²) < 4.78 is 19.5. The van der Waals surface area contributed by atoms with Crippen LogP contribution in [0.25, 0.3) is 11.3 Å². The zero-order valence-electron chi connectivity index (χ0n) is 14.5. The van der Waals surface area contributed by atoms with Crippen LogP contribution in [0.1, 0.15) is 5.56 Å². The number of halogens is 1. The number of benzene rings is 1. The predicted octanol–water partition coefficient (Wildman–Crippen LogP) is 4.20. The van der Waals surface area contributed by atoms with Crippen LogP contribution in [0.2, 0.25) is 0 Å². The third-order valence-corrected chi connectivity index (χ3v) is 5.99. The van der Waals surface area contributed by atoms with Crippen molar-refractivity contribution in [3.05, 3.63) is 59.4 Å². The fourth-order valence-electron chi connectivity index (χ4n) is 2.34. The summed E-state index contributed by atoms with van der Waals surface area (Å²) in [5, 5.41) is 3.35. The van der Waals surface area contributed by atoms with E-state index in [-0.39, 0.29) is 0 Å². The van der Waals surface area contributed by atoms with Crippen LogP contribution >= 0.6 is 35.2 Å². The Morgan fingerprint density at radius 3 is 2.85 bits per heavy atom. The maximum absolute atomic E-state index is 13.2. The molecule has 0 unspecified atom stereocenters. The van der Waals surface area contributed by atoms with E-state index in [2.05, 4.69) is 31.5 Å². The number of rotatable bonds is 10. The number of pyridine rings is 1. The second-order valence-electron chi connectivity index (χ2n) is 5.48. The van der Waals surface area contributed by atoms with Gasteiger partial charge in [-0.2, -0.15) is 4.39 Å². The van der Waals surface area contributed by atoms with Gasteiger partial charge in [0, 0.05) is 41.7 Å². The maximum Gasteiger partial charge on any atom is 0.213 e. The van der Waals surface area contributed by atoms with E-state index in [1.165, 1.54) is 34.9 Å². The van der Waals surface area contributed by atoms with E-state index in [0.29, 0.717) is 11.6 Å². The van der Waals surface area contributed by atoms with Crippen LogP contribution in [0.15, 0.2) is 52.9 Å². The van der Waals surface area contributed by atoms with Gasteiger partial charge < -0.3 is 10.5 Å². The van der Waals surface area contributed by atoms with Crippen molar-refractivity contribution in [3.63, 3.8) is 0 Å². The second kappa shape index (κ2) is 10.6. The molecule has 27 heavy (non-hydrogen) atoms. The fraction of sp³-hybridized carbons (Fsp3) is 0.222. The molecule has 0 spiro atoms. The third kappa shape index (κ3) is 6.18. The number of anilines is 1. The van der Waals surface area contributed by atoms with Gasteiger partial charge in [-0.15, -0.1) is 11.3 Å². The Labute approximate surface area is 170 Å². The number of thiazole rings is 1. The molecule has 0 radical (unpaired) electrons. The fourth-order valence-corrected chi connectivity index (χ4v) is 4.46. The summed E-state index contributed by atoms with van der Waals surface area (Å²) >= 11 is 4.45. The van der Waals surface area contributed by atoms with E-state index in [9.17, 15) is 4.39 Å². The highest BCUT2D eigenvalue weighted by molar-refractivity contribution is 8.00. The molecule has 4 N–H and O–H groups in total. The van der Waals surface area contributed by atoms with Gasteiger partial charge in [-0.3, -0.25) is 4.72 Å². The van der Waals surface area contributed by atoms with Crippen LogP contribution < -0.4 is 15.2 Å². The molecule has 0 aliphatic heterocycles. The highest BCUT2D eigenvalue weighted by Gasteiger charge is 2.09. The number of aryl methyl sites for hydroxylation is 1. The molecule has 3 aromatic rings. The summed E-state index contributed by atoms with van der Waals surface area (Å²) in [5.41, 5.74) is 8.81. The predicted molar refractivity (Wildman–Crippen MR) is 114 cm³/mol. The molecule has 5 nitrogen and oxygen atoms in total. The number of aromatic nitrogens is 2. The highest BCUT2D eigenvalue weighted by atomic mass is 32.2. The van der Waals surface area contributed by atoms with Gasteiger partial charge in [0.15, 0.2) is 5.13 Å². The van der Waals surface area contributed by atoms with Crippen LogP contribution in [0.4, 0.5) is 9.52 Å². The Bertz CT molecular complexity index is 858. The molecule has 0 bridgehead atoms. The summed E-state index contributed by atoms with van der Waals surface area (Å²) in [6.45, 7) is 1.45. The molecule has 3 rings (SSSR count). The quantitative estimate of drug-likeness (QED) is 0.257. The number of hydrogen-bond donors (Lipinski definition) is 3. The van der Waals surface area contributed by atoms with Crippen molar-refractivity contribution in [2.45, 2.75) is 11.4 Å². The molecule has 0 saturated heterocycles. The first kappa shape index (κ1) is 20.1. The average Bonchev–Trinajstić information content (AvgIpc) is 3.15. The largest absolute Gasteiger partial charge is 0.329 e. The lowest BCUT2D eigenvalue weighted by Crippen LogP contribution is -2.16. The summed E-state index contributed by atoms with van der Waals surface area (Å²) in [4.78, 5) is 8.48. The van der Waals surface area contributed by atoms with E-state index in [4.69, 9.17) is 5.73 Å². The van der Waals surface area contributed by atoms with Gasteiger partial charge in [0.05, 0.1) is 5.69 Å². The molecule has 0 aliphatic carbocycles. The van der Waals surface area contributed by atoms with Gasteiger partial charge in [-0.1, -0.05) is 42.3 Å². The zero-order chi connectivity index (χ0) is 18.9. The lowest BCUT2D eigenvalue weighted by molar-refractivity contribution is 0.572. The molecular weight excluding hydrogens is 401 g/mol. The van der Waals surface area contributed by atoms with E-state index in [1.807, 2.05) is 17.5 Å². The third-order valence-electron chi connectivity index (χ3n) is 3.55. The smallest absolute Gasteiger partial charge is 0.213 e. The van der Waals surface area contributed by atoms with Gasteiger partial charge in [0.2, 0.25) is 5.95 Å². The Morgan fingerprint density at radius 1 is 1.11 bits per heavy atom. The maximum atomic E-state index is 13.2.